The Morgan fingerprint density at radius 2 is 2.03 bits per heavy atom. The van der Waals surface area contributed by atoms with Crippen molar-refractivity contribution in [2.45, 2.75) is 0 Å². The minimum absolute atomic E-state index is 0.109. The highest BCUT2D eigenvalue weighted by molar-refractivity contribution is 9.10. The van der Waals surface area contributed by atoms with Gasteiger partial charge in [0.05, 0.1) is 12.8 Å². The number of H-pyrrole nitrogens is 1. The molecule has 0 aliphatic rings. The summed E-state index contributed by atoms with van der Waals surface area (Å²) in [5, 5.41) is 12.3. The van der Waals surface area contributed by atoms with Crippen LogP contribution in [0.5, 0.6) is 5.75 Å². The van der Waals surface area contributed by atoms with Gasteiger partial charge in [-0.1, -0.05) is 45.4 Å². The lowest BCUT2D eigenvalue weighted by atomic mass is 10.2. The number of fused-ring (bicyclic) bond motifs is 1. The summed E-state index contributed by atoms with van der Waals surface area (Å²) < 4.78 is 7.59. The maximum Gasteiger partial charge on any atom is 0.332 e. The van der Waals surface area contributed by atoms with Crippen molar-refractivity contribution in [1.82, 2.24) is 19.5 Å². The van der Waals surface area contributed by atoms with Gasteiger partial charge in [0.25, 0.3) is 0 Å². The number of ether oxygens (including phenoxy) is 1. The van der Waals surface area contributed by atoms with Crippen LogP contribution >= 0.6 is 15.9 Å². The SMILES string of the molecule is COc1ccccc1-n1c(=O)[nH]c2c(/C(N)=N\O)nc(-c3cccc(Br)c3)nc21. The Morgan fingerprint density at radius 3 is 2.76 bits per heavy atom. The van der Waals surface area contributed by atoms with Gasteiger partial charge in [0.15, 0.2) is 17.3 Å². The normalized spacial score (nSPS) is 11.7. The summed E-state index contributed by atoms with van der Waals surface area (Å²) in [6.07, 6.45) is 0. The van der Waals surface area contributed by atoms with E-state index < -0.39 is 5.69 Å². The van der Waals surface area contributed by atoms with Gasteiger partial charge in [-0.05, 0) is 24.3 Å². The fourth-order valence-corrected chi connectivity index (χ4v) is 3.41. The molecule has 4 rings (SSSR count). The summed E-state index contributed by atoms with van der Waals surface area (Å²) >= 11 is 3.42. The molecule has 0 unspecified atom stereocenters. The van der Waals surface area contributed by atoms with Gasteiger partial charge in [0.1, 0.15) is 17.0 Å². The Hall–Kier alpha value is -3.66. The van der Waals surface area contributed by atoms with Gasteiger partial charge in [-0.3, -0.25) is 0 Å². The Bertz CT molecular complexity index is 1310. The summed E-state index contributed by atoms with van der Waals surface area (Å²) in [7, 11) is 1.52. The van der Waals surface area contributed by atoms with Gasteiger partial charge in [-0.25, -0.2) is 19.3 Å². The van der Waals surface area contributed by atoms with E-state index in [-0.39, 0.29) is 22.7 Å². The second kappa shape index (κ2) is 7.40. The van der Waals surface area contributed by atoms with Crippen LogP contribution in [0.4, 0.5) is 0 Å². The number of para-hydroxylation sites is 2. The molecule has 2 aromatic heterocycles. The summed E-state index contributed by atoms with van der Waals surface area (Å²) in [5.74, 6) is 0.550. The number of imidazole rings is 1. The number of aromatic nitrogens is 4. The number of benzene rings is 2. The lowest BCUT2D eigenvalue weighted by molar-refractivity contribution is 0.318. The fraction of sp³-hybridized carbons (Fsp3) is 0.0526. The molecule has 146 valence electrons. The van der Waals surface area contributed by atoms with Crippen LogP contribution in [-0.2, 0) is 0 Å². The molecule has 2 aromatic carbocycles. The fourth-order valence-electron chi connectivity index (χ4n) is 3.01. The molecule has 0 amide bonds. The van der Waals surface area contributed by atoms with Crippen LogP contribution in [0.15, 0.2) is 63.0 Å². The van der Waals surface area contributed by atoms with Crippen molar-refractivity contribution in [3.8, 4) is 22.8 Å². The van der Waals surface area contributed by atoms with E-state index in [2.05, 4.69) is 36.0 Å². The Kier molecular flexibility index (Phi) is 4.77. The van der Waals surface area contributed by atoms with Crippen molar-refractivity contribution >= 4 is 32.9 Å². The third-order valence-corrected chi connectivity index (χ3v) is 4.79. The predicted octanol–water partition coefficient (Wildman–Crippen LogP) is 2.64. The number of hydrogen-bond acceptors (Lipinski definition) is 6. The average molecular weight is 455 g/mol. The number of rotatable bonds is 4. The van der Waals surface area contributed by atoms with E-state index in [1.165, 1.54) is 11.7 Å². The molecule has 2 heterocycles. The summed E-state index contributed by atoms with van der Waals surface area (Å²) in [4.78, 5) is 24.5. The van der Waals surface area contributed by atoms with Crippen LogP contribution < -0.4 is 16.2 Å². The average Bonchev–Trinajstić information content (AvgIpc) is 3.07. The maximum atomic E-state index is 12.8. The largest absolute Gasteiger partial charge is 0.495 e. The molecular formula is C19H15BrN6O3. The molecule has 29 heavy (non-hydrogen) atoms. The molecule has 0 radical (unpaired) electrons. The van der Waals surface area contributed by atoms with E-state index >= 15 is 0 Å². The highest BCUT2D eigenvalue weighted by Gasteiger charge is 2.21. The number of methoxy groups -OCH3 is 1. The van der Waals surface area contributed by atoms with Crippen LogP contribution in [0.25, 0.3) is 28.2 Å². The monoisotopic (exact) mass is 454 g/mol. The van der Waals surface area contributed by atoms with Crippen molar-refractivity contribution in [1.29, 1.82) is 0 Å². The minimum Gasteiger partial charge on any atom is -0.495 e. The highest BCUT2D eigenvalue weighted by Crippen LogP contribution is 2.27. The molecule has 0 aliphatic heterocycles. The van der Waals surface area contributed by atoms with Gasteiger partial charge >= 0.3 is 5.69 Å². The van der Waals surface area contributed by atoms with Crippen molar-refractivity contribution in [3.05, 3.63) is 69.2 Å². The molecule has 0 saturated heterocycles. The molecule has 0 saturated carbocycles. The van der Waals surface area contributed by atoms with Crippen LogP contribution in [0.1, 0.15) is 5.69 Å². The molecule has 10 heteroatoms. The number of oxime groups is 1. The number of amidine groups is 1. The number of aromatic amines is 1. The smallest absolute Gasteiger partial charge is 0.332 e. The zero-order valence-electron chi connectivity index (χ0n) is 15.1. The summed E-state index contributed by atoms with van der Waals surface area (Å²) in [6.45, 7) is 0. The first-order valence-electron chi connectivity index (χ1n) is 8.43. The number of hydrogen-bond donors (Lipinski definition) is 3. The zero-order valence-corrected chi connectivity index (χ0v) is 16.7. The lowest BCUT2D eigenvalue weighted by Crippen LogP contribution is -2.17. The molecule has 0 fully saturated rings. The van der Waals surface area contributed by atoms with Crippen molar-refractivity contribution in [2.75, 3.05) is 7.11 Å². The van der Waals surface area contributed by atoms with Crippen LogP contribution in [0.2, 0.25) is 0 Å². The second-order valence-electron chi connectivity index (χ2n) is 6.03. The number of nitrogens with zero attached hydrogens (tertiary/aromatic N) is 4. The van der Waals surface area contributed by atoms with Gasteiger partial charge in [-0.2, -0.15) is 0 Å². The standard InChI is InChI=1S/C19H15BrN6O3/c1-29-13-8-3-2-7-12(13)26-18-15(23-19(26)27)14(16(21)25-28)22-17(24-18)10-5-4-6-11(20)9-10/h2-9,28H,1H3,(H2,21,25)(H,23,27). The molecule has 9 nitrogen and oxygen atoms in total. The Balaban J connectivity index is 2.10. The molecular weight excluding hydrogens is 440 g/mol. The molecule has 0 atom stereocenters. The highest BCUT2D eigenvalue weighted by atomic mass is 79.9. The van der Waals surface area contributed by atoms with Gasteiger partial charge in [-0.15, -0.1) is 0 Å². The van der Waals surface area contributed by atoms with Gasteiger partial charge in [0, 0.05) is 10.0 Å². The maximum absolute atomic E-state index is 12.8. The number of nitrogens with one attached hydrogen (secondary N) is 1. The molecule has 0 spiro atoms. The zero-order chi connectivity index (χ0) is 20.5. The first-order chi connectivity index (χ1) is 14.0. The molecule has 4 aromatic rings. The van der Waals surface area contributed by atoms with Crippen LogP contribution in [0, 0.1) is 0 Å². The molecule has 0 bridgehead atoms. The van der Waals surface area contributed by atoms with Gasteiger partial charge < -0.3 is 20.7 Å². The summed E-state index contributed by atoms with van der Waals surface area (Å²) in [6, 6.07) is 14.4. The van der Waals surface area contributed by atoms with E-state index in [0.717, 1.165) is 4.47 Å². The van der Waals surface area contributed by atoms with E-state index in [0.29, 0.717) is 22.8 Å². The molecule has 4 N–H and O–H groups in total. The quantitative estimate of drug-likeness (QED) is 0.188. The third-order valence-electron chi connectivity index (χ3n) is 4.30. The third kappa shape index (κ3) is 3.23. The van der Waals surface area contributed by atoms with Crippen LogP contribution in [0.3, 0.4) is 0 Å². The van der Waals surface area contributed by atoms with E-state index in [4.69, 9.17) is 10.5 Å². The van der Waals surface area contributed by atoms with Crippen LogP contribution in [-0.4, -0.2) is 37.7 Å². The van der Waals surface area contributed by atoms with E-state index in [1.807, 2.05) is 24.3 Å². The van der Waals surface area contributed by atoms with Crippen molar-refractivity contribution in [2.24, 2.45) is 10.9 Å². The Morgan fingerprint density at radius 1 is 1.24 bits per heavy atom. The predicted molar refractivity (Wildman–Crippen MR) is 112 cm³/mol. The number of halogens is 1. The topological polar surface area (TPSA) is 131 Å². The van der Waals surface area contributed by atoms with Crippen molar-refractivity contribution < 1.29 is 9.94 Å². The first-order valence-corrected chi connectivity index (χ1v) is 9.22. The first kappa shape index (κ1) is 18.7. The molecule has 0 aliphatic carbocycles. The van der Waals surface area contributed by atoms with Crippen molar-refractivity contribution in [3.63, 3.8) is 0 Å². The van der Waals surface area contributed by atoms with E-state index in [9.17, 15) is 10.0 Å². The summed E-state index contributed by atoms with van der Waals surface area (Å²) in [5.41, 5.74) is 7.18. The Labute approximate surface area is 172 Å². The lowest BCUT2D eigenvalue weighted by Gasteiger charge is -2.10. The van der Waals surface area contributed by atoms with Gasteiger partial charge in [0.2, 0.25) is 0 Å². The minimum atomic E-state index is -0.461. The number of nitrogens with two attached hydrogens (primary N) is 1. The second-order valence-corrected chi connectivity index (χ2v) is 6.94. The van der Waals surface area contributed by atoms with E-state index in [1.54, 1.807) is 24.3 Å².